The number of allylic oxidation sites excluding steroid dienone is 2. The van der Waals surface area contributed by atoms with Crippen LogP contribution in [0.25, 0.3) is 0 Å². The summed E-state index contributed by atoms with van der Waals surface area (Å²) in [5.41, 5.74) is 0. The summed E-state index contributed by atoms with van der Waals surface area (Å²) in [7, 11) is 1.76. The summed E-state index contributed by atoms with van der Waals surface area (Å²) in [5, 5.41) is 11.9. The largest absolute Gasteiger partial charge is 0.481 e. The predicted molar refractivity (Wildman–Crippen MR) is 97.0 cm³/mol. The Morgan fingerprint density at radius 3 is 2.52 bits per heavy atom. The van der Waals surface area contributed by atoms with Crippen molar-refractivity contribution in [2.24, 2.45) is 11.8 Å². The molecule has 1 rings (SSSR count). The molecule has 0 spiro atoms. The van der Waals surface area contributed by atoms with Crippen molar-refractivity contribution < 1.29 is 19.5 Å². The number of carboxylic acid groups (broad SMARTS) is 1. The Bertz CT molecular complexity index is 488. The average molecular weight is 352 g/mol. The molecule has 0 saturated heterocycles. The molecular weight excluding hydrogens is 320 g/mol. The van der Waals surface area contributed by atoms with Gasteiger partial charge in [-0.2, -0.15) is 0 Å². The molecule has 6 nitrogen and oxygen atoms in total. The van der Waals surface area contributed by atoms with Crippen molar-refractivity contribution in [1.29, 1.82) is 0 Å². The second-order valence-corrected chi connectivity index (χ2v) is 7.29. The minimum Gasteiger partial charge on any atom is -0.481 e. The van der Waals surface area contributed by atoms with Gasteiger partial charge in [0.25, 0.3) is 0 Å². The fraction of sp³-hybridized carbons (Fsp3) is 0.737. The summed E-state index contributed by atoms with van der Waals surface area (Å²) in [6.45, 7) is 4.65. The molecule has 0 fully saturated rings. The lowest BCUT2D eigenvalue weighted by Crippen LogP contribution is -2.50. The molecule has 1 aliphatic rings. The van der Waals surface area contributed by atoms with Gasteiger partial charge in [-0.15, -0.1) is 0 Å². The SMILES string of the molecule is CC(C)CC1NC(=O)C(CC(=O)O)CCCC=CCCCN(C)C1=O. The lowest BCUT2D eigenvalue weighted by molar-refractivity contribution is -0.142. The van der Waals surface area contributed by atoms with Crippen molar-refractivity contribution in [3.63, 3.8) is 0 Å². The summed E-state index contributed by atoms with van der Waals surface area (Å²) in [6.07, 6.45) is 8.45. The molecule has 0 bridgehead atoms. The zero-order valence-corrected chi connectivity index (χ0v) is 15.7. The third-order valence-corrected chi connectivity index (χ3v) is 4.44. The Morgan fingerprint density at radius 1 is 1.28 bits per heavy atom. The van der Waals surface area contributed by atoms with Crippen LogP contribution in [-0.2, 0) is 14.4 Å². The number of amides is 2. The van der Waals surface area contributed by atoms with Crippen LogP contribution in [0.4, 0.5) is 0 Å². The standard InChI is InChI=1S/C19H32N2O4/c1-14(2)12-16-19(25)21(3)11-9-7-5-4-6-8-10-15(13-17(22)23)18(24)20-16/h4-5,14-16H,6-13H2,1-3H3,(H,20,24)(H,22,23). The predicted octanol–water partition coefficient (Wildman–Crippen LogP) is 2.59. The molecule has 0 saturated carbocycles. The zero-order chi connectivity index (χ0) is 18.8. The number of nitrogens with zero attached hydrogens (tertiary/aromatic N) is 1. The topological polar surface area (TPSA) is 86.7 Å². The number of carboxylic acids is 1. The third kappa shape index (κ3) is 8.18. The molecule has 2 unspecified atom stereocenters. The summed E-state index contributed by atoms with van der Waals surface area (Å²) in [6, 6.07) is -0.590. The number of nitrogens with one attached hydrogen (secondary N) is 1. The molecule has 0 aromatic heterocycles. The van der Waals surface area contributed by atoms with E-state index in [9.17, 15) is 14.4 Å². The molecule has 1 heterocycles. The number of aliphatic carboxylic acids is 1. The molecule has 2 amide bonds. The van der Waals surface area contributed by atoms with Crippen molar-refractivity contribution >= 4 is 17.8 Å². The monoisotopic (exact) mass is 352 g/mol. The van der Waals surface area contributed by atoms with Crippen LogP contribution in [0.1, 0.15) is 58.8 Å². The van der Waals surface area contributed by atoms with Crippen LogP contribution < -0.4 is 5.32 Å². The number of hydrogen-bond donors (Lipinski definition) is 2. The Morgan fingerprint density at radius 2 is 1.92 bits per heavy atom. The van der Waals surface area contributed by atoms with Gasteiger partial charge < -0.3 is 15.3 Å². The van der Waals surface area contributed by atoms with Gasteiger partial charge >= 0.3 is 5.97 Å². The second kappa shape index (κ2) is 10.9. The van der Waals surface area contributed by atoms with E-state index in [0.717, 1.165) is 25.7 Å². The maximum Gasteiger partial charge on any atom is 0.304 e. The highest BCUT2D eigenvalue weighted by Gasteiger charge is 2.29. The first kappa shape index (κ1) is 21.2. The summed E-state index contributed by atoms with van der Waals surface area (Å²) in [5.74, 6) is -1.75. The van der Waals surface area contributed by atoms with Gasteiger partial charge in [-0.1, -0.05) is 26.0 Å². The highest BCUT2D eigenvalue weighted by atomic mass is 16.4. The second-order valence-electron chi connectivity index (χ2n) is 7.29. The number of hydrogen-bond acceptors (Lipinski definition) is 3. The molecule has 1 aliphatic heterocycles. The minimum absolute atomic E-state index is 0.0998. The van der Waals surface area contributed by atoms with E-state index in [-0.39, 0.29) is 24.2 Å². The maximum atomic E-state index is 12.7. The molecule has 25 heavy (non-hydrogen) atoms. The van der Waals surface area contributed by atoms with Gasteiger partial charge in [-0.05, 0) is 44.4 Å². The van der Waals surface area contributed by atoms with E-state index in [4.69, 9.17) is 5.11 Å². The highest BCUT2D eigenvalue weighted by molar-refractivity contribution is 5.89. The van der Waals surface area contributed by atoms with Crippen molar-refractivity contribution in [3.8, 4) is 0 Å². The van der Waals surface area contributed by atoms with Crippen molar-refractivity contribution in [2.45, 2.75) is 64.8 Å². The Kier molecular flexibility index (Phi) is 9.24. The van der Waals surface area contributed by atoms with E-state index >= 15 is 0 Å². The van der Waals surface area contributed by atoms with Gasteiger partial charge in [-0.3, -0.25) is 14.4 Å². The molecule has 2 atom stereocenters. The Balaban J connectivity index is 2.95. The van der Waals surface area contributed by atoms with Crippen LogP contribution in [0.3, 0.4) is 0 Å². The molecule has 142 valence electrons. The van der Waals surface area contributed by atoms with Crippen LogP contribution in [0.15, 0.2) is 12.2 Å². The highest BCUT2D eigenvalue weighted by Crippen LogP contribution is 2.16. The molecule has 0 aromatic rings. The number of rotatable bonds is 4. The molecule has 0 radical (unpaired) electrons. The lowest BCUT2D eigenvalue weighted by atomic mass is 9.95. The van der Waals surface area contributed by atoms with Crippen LogP contribution in [0, 0.1) is 11.8 Å². The maximum absolute atomic E-state index is 12.7. The van der Waals surface area contributed by atoms with Gasteiger partial charge in [0.05, 0.1) is 6.42 Å². The molecule has 2 N–H and O–H groups in total. The van der Waals surface area contributed by atoms with Gasteiger partial charge in [0, 0.05) is 19.5 Å². The van der Waals surface area contributed by atoms with Gasteiger partial charge in [0.2, 0.25) is 11.8 Å². The fourth-order valence-electron chi connectivity index (χ4n) is 3.06. The molecular formula is C19H32N2O4. The average Bonchev–Trinajstić information content (AvgIpc) is 2.52. The zero-order valence-electron chi connectivity index (χ0n) is 15.7. The Hall–Kier alpha value is -1.85. The van der Waals surface area contributed by atoms with Crippen molar-refractivity contribution in [1.82, 2.24) is 10.2 Å². The lowest BCUT2D eigenvalue weighted by Gasteiger charge is -2.27. The summed E-state index contributed by atoms with van der Waals surface area (Å²) in [4.78, 5) is 38.1. The smallest absolute Gasteiger partial charge is 0.304 e. The van der Waals surface area contributed by atoms with Crippen LogP contribution in [-0.4, -0.2) is 47.4 Å². The van der Waals surface area contributed by atoms with Gasteiger partial charge in [0.15, 0.2) is 0 Å². The first-order valence-electron chi connectivity index (χ1n) is 9.23. The van der Waals surface area contributed by atoms with E-state index < -0.39 is 17.9 Å². The van der Waals surface area contributed by atoms with Crippen molar-refractivity contribution in [3.05, 3.63) is 12.2 Å². The fourth-order valence-corrected chi connectivity index (χ4v) is 3.06. The normalized spacial score (nSPS) is 24.1. The first-order valence-corrected chi connectivity index (χ1v) is 9.23. The van der Waals surface area contributed by atoms with Crippen molar-refractivity contribution in [2.75, 3.05) is 13.6 Å². The van der Waals surface area contributed by atoms with E-state index in [1.807, 2.05) is 13.8 Å². The third-order valence-electron chi connectivity index (χ3n) is 4.44. The van der Waals surface area contributed by atoms with E-state index in [0.29, 0.717) is 19.4 Å². The quantitative estimate of drug-likeness (QED) is 0.762. The number of carbonyl (C=O) groups excluding carboxylic acids is 2. The van der Waals surface area contributed by atoms with Gasteiger partial charge in [-0.25, -0.2) is 0 Å². The van der Waals surface area contributed by atoms with E-state index in [1.54, 1.807) is 11.9 Å². The van der Waals surface area contributed by atoms with Gasteiger partial charge in [0.1, 0.15) is 6.04 Å². The van der Waals surface area contributed by atoms with Crippen LogP contribution >= 0.6 is 0 Å². The molecule has 6 heteroatoms. The minimum atomic E-state index is -0.985. The van der Waals surface area contributed by atoms with E-state index in [1.165, 1.54) is 0 Å². The number of carbonyl (C=O) groups is 3. The summed E-state index contributed by atoms with van der Waals surface area (Å²) < 4.78 is 0. The van der Waals surface area contributed by atoms with Crippen LogP contribution in [0.5, 0.6) is 0 Å². The van der Waals surface area contributed by atoms with E-state index in [2.05, 4.69) is 17.5 Å². The van der Waals surface area contributed by atoms with Crippen LogP contribution in [0.2, 0.25) is 0 Å². The molecule has 0 aromatic carbocycles. The first-order chi connectivity index (χ1) is 11.8. The molecule has 0 aliphatic carbocycles. The Labute approximate surface area is 150 Å². The number of likely N-dealkylation sites (N-methyl/N-ethyl adjacent to an activating group) is 1. The summed E-state index contributed by atoms with van der Waals surface area (Å²) >= 11 is 0.